The monoisotopic (exact) mass is 517 g/mol. The molecule has 1 fully saturated rings. The Hall–Kier alpha value is -2.76. The highest BCUT2D eigenvalue weighted by atomic mass is 32.2. The van der Waals surface area contributed by atoms with E-state index in [2.05, 4.69) is 20.9 Å². The van der Waals surface area contributed by atoms with Gasteiger partial charge in [-0.25, -0.2) is 14.5 Å². The quantitative estimate of drug-likeness (QED) is 0.151. The van der Waals surface area contributed by atoms with E-state index >= 15 is 0 Å². The van der Waals surface area contributed by atoms with Crippen LogP contribution in [0.2, 0.25) is 0 Å². The number of aryl methyl sites for hydroxylation is 1. The average molecular weight is 518 g/mol. The molecule has 0 atom stereocenters. The van der Waals surface area contributed by atoms with Crippen molar-refractivity contribution in [2.45, 2.75) is 25.4 Å². The number of esters is 1. The second-order valence-electron chi connectivity index (χ2n) is 8.23. The van der Waals surface area contributed by atoms with E-state index in [9.17, 15) is 9.59 Å². The SMILES string of the molecule is CCOC(=O)c1sc2nc(SCCCN3CCN(c4ccccc4OC)CC3)n(N)c(=O)c2c1C. The number of aromatic nitrogens is 2. The van der Waals surface area contributed by atoms with Crippen LogP contribution in [0.25, 0.3) is 10.2 Å². The number of piperazine rings is 1. The van der Waals surface area contributed by atoms with Crippen LogP contribution in [-0.2, 0) is 4.74 Å². The number of methoxy groups -OCH3 is 1. The number of fused-ring (bicyclic) bond motifs is 1. The molecule has 0 saturated carbocycles. The maximum Gasteiger partial charge on any atom is 0.348 e. The van der Waals surface area contributed by atoms with Crippen LogP contribution in [-0.4, -0.2) is 72.7 Å². The first kappa shape index (κ1) is 25.3. The summed E-state index contributed by atoms with van der Waals surface area (Å²) >= 11 is 2.65. The zero-order chi connectivity index (χ0) is 24.9. The topological polar surface area (TPSA) is 103 Å². The third kappa shape index (κ3) is 5.41. The molecule has 2 N–H and O–H groups in total. The fourth-order valence-electron chi connectivity index (χ4n) is 4.23. The number of thiophene rings is 1. The first-order valence-corrected chi connectivity index (χ1v) is 13.5. The van der Waals surface area contributed by atoms with E-state index in [1.165, 1.54) is 23.1 Å². The molecular formula is C24H31N5O4S2. The van der Waals surface area contributed by atoms with Crippen molar-refractivity contribution in [1.29, 1.82) is 0 Å². The number of benzene rings is 1. The number of carbonyl (C=O) groups is 1. The van der Waals surface area contributed by atoms with Gasteiger partial charge in [-0.05, 0) is 44.5 Å². The first-order valence-electron chi connectivity index (χ1n) is 11.7. The molecule has 0 aliphatic carbocycles. The minimum Gasteiger partial charge on any atom is -0.495 e. The largest absolute Gasteiger partial charge is 0.495 e. The van der Waals surface area contributed by atoms with Crippen LogP contribution in [0.15, 0.2) is 34.2 Å². The van der Waals surface area contributed by atoms with Crippen molar-refractivity contribution in [3.63, 3.8) is 0 Å². The minimum absolute atomic E-state index is 0.275. The molecule has 1 saturated heterocycles. The van der Waals surface area contributed by atoms with Crippen molar-refractivity contribution in [3.8, 4) is 5.75 Å². The van der Waals surface area contributed by atoms with Crippen molar-refractivity contribution in [2.75, 3.05) is 62.9 Å². The van der Waals surface area contributed by atoms with Crippen LogP contribution in [0.1, 0.15) is 28.6 Å². The van der Waals surface area contributed by atoms with E-state index in [-0.39, 0.29) is 12.2 Å². The number of carbonyl (C=O) groups excluding carboxylic acids is 1. The summed E-state index contributed by atoms with van der Waals surface area (Å²) in [5.41, 5.74) is 1.38. The van der Waals surface area contributed by atoms with Gasteiger partial charge in [0.1, 0.15) is 15.5 Å². The standard InChI is InChI=1S/C24H31N5O4S2/c1-4-33-23(31)20-16(2)19-21(35-20)26-24(29(25)22(19)30)34-15-7-10-27-11-13-28(14-12-27)17-8-5-6-9-18(17)32-3/h5-6,8-9H,4,7,10-15,25H2,1-3H3. The summed E-state index contributed by atoms with van der Waals surface area (Å²) in [7, 11) is 1.71. The molecule has 188 valence electrons. The summed E-state index contributed by atoms with van der Waals surface area (Å²) in [4.78, 5) is 35.4. The summed E-state index contributed by atoms with van der Waals surface area (Å²) in [5, 5.41) is 0.845. The predicted molar refractivity (Wildman–Crippen MR) is 142 cm³/mol. The smallest absolute Gasteiger partial charge is 0.348 e. The Bertz CT molecular complexity index is 1250. The maximum atomic E-state index is 12.9. The molecule has 11 heteroatoms. The molecule has 4 rings (SSSR count). The maximum absolute atomic E-state index is 12.9. The fraction of sp³-hybridized carbons (Fsp3) is 0.458. The molecule has 0 amide bonds. The van der Waals surface area contributed by atoms with E-state index in [1.54, 1.807) is 21.0 Å². The number of rotatable bonds is 9. The molecule has 3 heterocycles. The number of nitrogens with two attached hydrogens (primary N) is 1. The van der Waals surface area contributed by atoms with Crippen molar-refractivity contribution in [1.82, 2.24) is 14.6 Å². The highest BCUT2D eigenvalue weighted by molar-refractivity contribution is 7.99. The van der Waals surface area contributed by atoms with Gasteiger partial charge in [0.05, 0.1) is 24.8 Å². The molecule has 0 spiro atoms. The van der Waals surface area contributed by atoms with Gasteiger partial charge in [-0.1, -0.05) is 23.9 Å². The average Bonchev–Trinajstić information content (AvgIpc) is 3.21. The second kappa shape index (κ2) is 11.3. The minimum atomic E-state index is -0.434. The fourth-order valence-corrected chi connectivity index (χ4v) is 6.18. The number of nitrogens with zero attached hydrogens (tertiary/aromatic N) is 4. The molecule has 9 nitrogen and oxygen atoms in total. The van der Waals surface area contributed by atoms with Crippen molar-refractivity contribution in [2.24, 2.45) is 0 Å². The summed E-state index contributed by atoms with van der Waals surface area (Å²) in [6.07, 6.45) is 0.949. The molecule has 1 aliphatic rings. The van der Waals surface area contributed by atoms with Crippen LogP contribution in [0.4, 0.5) is 5.69 Å². The molecule has 0 radical (unpaired) electrons. The highest BCUT2D eigenvalue weighted by Crippen LogP contribution is 2.30. The molecule has 3 aromatic rings. The van der Waals surface area contributed by atoms with Crippen LogP contribution in [0, 0.1) is 6.92 Å². The molecular weight excluding hydrogens is 486 g/mol. The van der Waals surface area contributed by atoms with Crippen LogP contribution < -0.4 is 21.0 Å². The van der Waals surface area contributed by atoms with Crippen molar-refractivity contribution >= 4 is 45.0 Å². The second-order valence-corrected chi connectivity index (χ2v) is 10.3. The van der Waals surface area contributed by atoms with Gasteiger partial charge in [-0.2, -0.15) is 0 Å². The Morgan fingerprint density at radius 3 is 2.69 bits per heavy atom. The van der Waals surface area contributed by atoms with Gasteiger partial charge >= 0.3 is 5.97 Å². The van der Waals surface area contributed by atoms with Crippen LogP contribution in [0.3, 0.4) is 0 Å². The van der Waals surface area contributed by atoms with Gasteiger partial charge in [0, 0.05) is 31.9 Å². The molecule has 1 aliphatic heterocycles. The predicted octanol–water partition coefficient (Wildman–Crippen LogP) is 2.97. The summed E-state index contributed by atoms with van der Waals surface area (Å²) in [6.45, 7) is 8.60. The van der Waals surface area contributed by atoms with Gasteiger partial charge in [0.25, 0.3) is 5.56 Å². The lowest BCUT2D eigenvalue weighted by Crippen LogP contribution is -2.46. The summed E-state index contributed by atoms with van der Waals surface area (Å²) in [6, 6.07) is 8.13. The van der Waals surface area contributed by atoms with Gasteiger partial charge in [0.15, 0.2) is 5.16 Å². The number of nitrogen functional groups attached to an aromatic ring is 1. The van der Waals surface area contributed by atoms with Gasteiger partial charge in [0.2, 0.25) is 0 Å². The van der Waals surface area contributed by atoms with E-state index in [1.807, 2.05) is 18.2 Å². The number of hydrogen-bond donors (Lipinski definition) is 1. The highest BCUT2D eigenvalue weighted by Gasteiger charge is 2.22. The molecule has 0 unspecified atom stereocenters. The number of para-hydroxylation sites is 2. The van der Waals surface area contributed by atoms with E-state index in [0.29, 0.717) is 25.8 Å². The number of ether oxygens (including phenoxy) is 2. The van der Waals surface area contributed by atoms with Crippen LogP contribution >= 0.6 is 23.1 Å². The Morgan fingerprint density at radius 1 is 1.23 bits per heavy atom. The molecule has 1 aromatic carbocycles. The summed E-state index contributed by atoms with van der Waals surface area (Å²) < 4.78 is 11.7. The first-order chi connectivity index (χ1) is 16.9. The Balaban J connectivity index is 1.32. The zero-order valence-corrected chi connectivity index (χ0v) is 21.9. The summed E-state index contributed by atoms with van der Waals surface area (Å²) in [5.74, 6) is 7.33. The lowest BCUT2D eigenvalue weighted by molar-refractivity contribution is 0.0531. The van der Waals surface area contributed by atoms with Gasteiger partial charge in [-0.3, -0.25) is 9.69 Å². The number of thioether (sulfide) groups is 1. The molecule has 2 aromatic heterocycles. The van der Waals surface area contributed by atoms with Gasteiger partial charge in [-0.15, -0.1) is 11.3 Å². The number of hydrogen-bond acceptors (Lipinski definition) is 10. The molecule has 35 heavy (non-hydrogen) atoms. The van der Waals surface area contributed by atoms with E-state index in [4.69, 9.17) is 15.3 Å². The Morgan fingerprint density at radius 2 is 1.97 bits per heavy atom. The lowest BCUT2D eigenvalue weighted by atomic mass is 10.2. The van der Waals surface area contributed by atoms with Gasteiger partial charge < -0.3 is 20.2 Å². The Kier molecular flexibility index (Phi) is 8.19. The van der Waals surface area contributed by atoms with Crippen molar-refractivity contribution < 1.29 is 14.3 Å². The van der Waals surface area contributed by atoms with Crippen molar-refractivity contribution in [3.05, 3.63) is 45.1 Å². The Labute approximate surface area is 212 Å². The number of anilines is 1. The third-order valence-electron chi connectivity index (χ3n) is 6.07. The van der Waals surface area contributed by atoms with Crippen LogP contribution in [0.5, 0.6) is 5.75 Å². The van der Waals surface area contributed by atoms with E-state index < -0.39 is 5.97 Å². The lowest BCUT2D eigenvalue weighted by Gasteiger charge is -2.36. The third-order valence-corrected chi connectivity index (χ3v) is 8.28. The molecule has 0 bridgehead atoms. The normalized spacial score (nSPS) is 14.4. The zero-order valence-electron chi connectivity index (χ0n) is 20.3. The van der Waals surface area contributed by atoms with E-state index in [0.717, 1.165) is 61.0 Å².